The average molecular weight is 276 g/mol. The standard InChI is InChI=1S/C17H28N2O/c1-11-10-18-3-2-4-19(11)17(20)16-14-6-12-5-13(8-14)9-15(16)7-12/h11-16,18H,2-10H2,1H3. The van der Waals surface area contributed by atoms with E-state index in [-0.39, 0.29) is 0 Å². The first-order valence-electron chi connectivity index (χ1n) is 8.73. The van der Waals surface area contributed by atoms with Gasteiger partial charge in [0.15, 0.2) is 0 Å². The van der Waals surface area contributed by atoms with Gasteiger partial charge in [0.25, 0.3) is 0 Å². The van der Waals surface area contributed by atoms with Gasteiger partial charge in [-0.15, -0.1) is 0 Å². The van der Waals surface area contributed by atoms with Crippen molar-refractivity contribution in [2.75, 3.05) is 19.6 Å². The van der Waals surface area contributed by atoms with Crippen molar-refractivity contribution < 1.29 is 4.79 Å². The Morgan fingerprint density at radius 2 is 1.70 bits per heavy atom. The summed E-state index contributed by atoms with van der Waals surface area (Å²) in [5, 5.41) is 3.46. The van der Waals surface area contributed by atoms with Gasteiger partial charge in [-0.1, -0.05) is 0 Å². The van der Waals surface area contributed by atoms with Crippen LogP contribution in [0.25, 0.3) is 0 Å². The van der Waals surface area contributed by atoms with Gasteiger partial charge in [0.05, 0.1) is 0 Å². The lowest BCUT2D eigenvalue weighted by atomic mass is 9.51. The number of amides is 1. The predicted molar refractivity (Wildman–Crippen MR) is 79.2 cm³/mol. The smallest absolute Gasteiger partial charge is 0.226 e. The van der Waals surface area contributed by atoms with Gasteiger partial charge in [0.2, 0.25) is 5.91 Å². The Bertz CT molecular complexity index is 366. The molecule has 4 aliphatic carbocycles. The number of nitrogens with one attached hydrogen (secondary N) is 1. The Balaban J connectivity index is 1.53. The minimum Gasteiger partial charge on any atom is -0.338 e. The zero-order valence-corrected chi connectivity index (χ0v) is 12.7. The van der Waals surface area contributed by atoms with Crippen LogP contribution in [0, 0.1) is 29.6 Å². The summed E-state index contributed by atoms with van der Waals surface area (Å²) in [6.07, 6.45) is 7.99. The Kier molecular flexibility index (Phi) is 3.29. The fraction of sp³-hybridized carbons (Fsp3) is 0.941. The lowest BCUT2D eigenvalue weighted by Gasteiger charge is -2.54. The molecule has 3 nitrogen and oxygen atoms in total. The largest absolute Gasteiger partial charge is 0.338 e. The van der Waals surface area contributed by atoms with Crippen LogP contribution in [0.2, 0.25) is 0 Å². The van der Waals surface area contributed by atoms with Gasteiger partial charge in [0, 0.05) is 25.0 Å². The van der Waals surface area contributed by atoms with E-state index in [0.717, 1.165) is 49.7 Å². The number of carbonyl (C=O) groups excluding carboxylic acids is 1. The van der Waals surface area contributed by atoms with Crippen LogP contribution < -0.4 is 5.32 Å². The van der Waals surface area contributed by atoms with Gasteiger partial charge < -0.3 is 10.2 Å². The SMILES string of the molecule is CC1CNCCCN1C(=O)C1C2CC3CC(C2)CC1C3. The molecule has 0 spiro atoms. The second-order valence-electron chi connectivity index (χ2n) is 7.89. The molecule has 4 saturated carbocycles. The molecule has 0 aromatic rings. The fourth-order valence-electron chi connectivity index (χ4n) is 5.86. The fourth-order valence-corrected chi connectivity index (χ4v) is 5.86. The number of rotatable bonds is 1. The summed E-state index contributed by atoms with van der Waals surface area (Å²) >= 11 is 0. The van der Waals surface area contributed by atoms with Gasteiger partial charge in [-0.25, -0.2) is 0 Å². The maximum atomic E-state index is 13.1. The molecule has 5 fully saturated rings. The van der Waals surface area contributed by atoms with Crippen LogP contribution >= 0.6 is 0 Å². The molecule has 112 valence electrons. The molecule has 5 rings (SSSR count). The molecule has 1 N–H and O–H groups in total. The van der Waals surface area contributed by atoms with Crippen molar-refractivity contribution in [2.24, 2.45) is 29.6 Å². The van der Waals surface area contributed by atoms with Crippen LogP contribution in [0.5, 0.6) is 0 Å². The maximum absolute atomic E-state index is 13.1. The molecule has 1 saturated heterocycles. The molecule has 0 aromatic carbocycles. The van der Waals surface area contributed by atoms with E-state index in [0.29, 0.717) is 17.9 Å². The van der Waals surface area contributed by atoms with E-state index in [1.165, 1.54) is 32.1 Å². The van der Waals surface area contributed by atoms with Gasteiger partial charge in [-0.2, -0.15) is 0 Å². The molecule has 1 unspecified atom stereocenters. The second kappa shape index (κ2) is 5.01. The normalized spacial score (nSPS) is 47.4. The first-order chi connectivity index (χ1) is 9.72. The van der Waals surface area contributed by atoms with Crippen LogP contribution in [-0.4, -0.2) is 36.5 Å². The average Bonchev–Trinajstić information content (AvgIpc) is 2.62. The highest BCUT2D eigenvalue weighted by atomic mass is 16.2. The monoisotopic (exact) mass is 276 g/mol. The zero-order valence-electron chi connectivity index (χ0n) is 12.7. The topological polar surface area (TPSA) is 32.3 Å². The Labute approximate surface area is 122 Å². The molecular formula is C17H28N2O. The summed E-state index contributed by atoms with van der Waals surface area (Å²) in [4.78, 5) is 15.4. The molecule has 0 radical (unpaired) electrons. The number of hydrogen-bond acceptors (Lipinski definition) is 2. The van der Waals surface area contributed by atoms with Crippen LogP contribution in [0.4, 0.5) is 0 Å². The van der Waals surface area contributed by atoms with Crippen LogP contribution in [0.3, 0.4) is 0 Å². The van der Waals surface area contributed by atoms with Crippen molar-refractivity contribution in [3.63, 3.8) is 0 Å². The van der Waals surface area contributed by atoms with E-state index in [4.69, 9.17) is 0 Å². The Morgan fingerprint density at radius 3 is 2.35 bits per heavy atom. The first-order valence-corrected chi connectivity index (χ1v) is 8.73. The van der Waals surface area contributed by atoms with E-state index in [1.807, 2.05) is 0 Å². The molecule has 20 heavy (non-hydrogen) atoms. The molecule has 5 aliphatic rings. The van der Waals surface area contributed by atoms with E-state index < -0.39 is 0 Å². The van der Waals surface area contributed by atoms with E-state index in [2.05, 4.69) is 17.1 Å². The molecular weight excluding hydrogens is 248 g/mol. The highest BCUT2D eigenvalue weighted by Crippen LogP contribution is 2.56. The lowest BCUT2D eigenvalue weighted by molar-refractivity contribution is -0.150. The van der Waals surface area contributed by atoms with Crippen molar-refractivity contribution in [2.45, 2.75) is 51.5 Å². The highest BCUT2D eigenvalue weighted by molar-refractivity contribution is 5.80. The van der Waals surface area contributed by atoms with Gasteiger partial charge in [-0.05, 0) is 75.7 Å². The van der Waals surface area contributed by atoms with E-state index >= 15 is 0 Å². The van der Waals surface area contributed by atoms with E-state index in [9.17, 15) is 4.79 Å². The lowest BCUT2D eigenvalue weighted by Crippen LogP contribution is -2.54. The molecule has 1 heterocycles. The Morgan fingerprint density at radius 1 is 1.05 bits per heavy atom. The van der Waals surface area contributed by atoms with Crippen LogP contribution in [0.15, 0.2) is 0 Å². The molecule has 3 heteroatoms. The molecule has 1 amide bonds. The summed E-state index contributed by atoms with van der Waals surface area (Å²) in [7, 11) is 0. The third kappa shape index (κ3) is 2.09. The van der Waals surface area contributed by atoms with E-state index in [1.54, 1.807) is 0 Å². The van der Waals surface area contributed by atoms with Crippen LogP contribution in [0.1, 0.15) is 45.4 Å². The number of hydrogen-bond donors (Lipinski definition) is 1. The first kappa shape index (κ1) is 13.1. The van der Waals surface area contributed by atoms with Gasteiger partial charge >= 0.3 is 0 Å². The Hall–Kier alpha value is -0.570. The molecule has 1 aliphatic heterocycles. The van der Waals surface area contributed by atoms with Crippen LogP contribution in [-0.2, 0) is 4.79 Å². The summed E-state index contributed by atoms with van der Waals surface area (Å²) in [5.74, 6) is 4.26. The zero-order chi connectivity index (χ0) is 13.7. The highest BCUT2D eigenvalue weighted by Gasteiger charge is 2.51. The minimum atomic E-state index is 0.377. The summed E-state index contributed by atoms with van der Waals surface area (Å²) in [6.45, 7) is 5.22. The van der Waals surface area contributed by atoms with Crippen molar-refractivity contribution in [1.29, 1.82) is 0 Å². The maximum Gasteiger partial charge on any atom is 0.226 e. The second-order valence-corrected chi connectivity index (χ2v) is 7.89. The van der Waals surface area contributed by atoms with Crippen molar-refractivity contribution in [3.05, 3.63) is 0 Å². The minimum absolute atomic E-state index is 0.377. The third-order valence-corrected chi connectivity index (χ3v) is 6.52. The number of nitrogens with zero attached hydrogens (tertiary/aromatic N) is 1. The molecule has 1 atom stereocenters. The van der Waals surface area contributed by atoms with Crippen molar-refractivity contribution in [1.82, 2.24) is 10.2 Å². The summed E-state index contributed by atoms with van der Waals surface area (Å²) in [6, 6.07) is 0.377. The van der Waals surface area contributed by atoms with Gasteiger partial charge in [0.1, 0.15) is 0 Å². The molecule has 0 aromatic heterocycles. The number of carbonyl (C=O) groups is 1. The van der Waals surface area contributed by atoms with Crippen molar-refractivity contribution >= 4 is 5.91 Å². The predicted octanol–water partition coefficient (Wildman–Crippen LogP) is 2.27. The van der Waals surface area contributed by atoms with Gasteiger partial charge in [-0.3, -0.25) is 4.79 Å². The summed E-state index contributed by atoms with van der Waals surface area (Å²) < 4.78 is 0. The van der Waals surface area contributed by atoms with Crippen molar-refractivity contribution in [3.8, 4) is 0 Å². The third-order valence-electron chi connectivity index (χ3n) is 6.52. The quantitative estimate of drug-likeness (QED) is 0.797. The summed E-state index contributed by atoms with van der Waals surface area (Å²) in [5.41, 5.74) is 0. The molecule has 4 bridgehead atoms.